The number of amides is 1. The largest absolute Gasteiger partial charge is 0.508 e. The van der Waals surface area contributed by atoms with E-state index < -0.39 is 0 Å². The van der Waals surface area contributed by atoms with Crippen LogP contribution in [0.1, 0.15) is 16.7 Å². The average Bonchev–Trinajstić information content (AvgIpc) is 2.80. The first-order chi connectivity index (χ1) is 11.4. The van der Waals surface area contributed by atoms with E-state index in [9.17, 15) is 15.0 Å². The molecule has 1 heterocycles. The molecule has 0 spiro atoms. The Labute approximate surface area is 149 Å². The van der Waals surface area contributed by atoms with Crippen molar-refractivity contribution in [3.63, 3.8) is 0 Å². The molecule has 1 aliphatic heterocycles. The molecule has 2 aromatic carbocycles. The number of rotatable bonds is 2. The molecule has 0 aromatic heterocycles. The zero-order valence-electron chi connectivity index (χ0n) is 13.1. The molecular formula is C18H15NO3S2. The van der Waals surface area contributed by atoms with E-state index in [4.69, 9.17) is 12.2 Å². The predicted molar refractivity (Wildman–Crippen MR) is 102 cm³/mol. The van der Waals surface area contributed by atoms with Crippen molar-refractivity contribution in [3.05, 3.63) is 58.0 Å². The molecule has 4 nitrogen and oxygen atoms in total. The number of nitrogens with zero attached hydrogens (tertiary/aromatic N) is 1. The third kappa shape index (κ3) is 2.90. The molecule has 0 aliphatic carbocycles. The van der Waals surface area contributed by atoms with Crippen molar-refractivity contribution in [2.24, 2.45) is 0 Å². The van der Waals surface area contributed by atoms with E-state index in [0.29, 0.717) is 15.5 Å². The molecule has 3 rings (SSSR count). The Morgan fingerprint density at radius 1 is 1.17 bits per heavy atom. The van der Waals surface area contributed by atoms with Gasteiger partial charge < -0.3 is 10.2 Å². The van der Waals surface area contributed by atoms with E-state index in [1.807, 2.05) is 32.0 Å². The number of anilines is 1. The summed E-state index contributed by atoms with van der Waals surface area (Å²) in [5, 5.41) is 19.1. The number of thiocarbonyl (C=S) groups is 1. The number of phenols is 2. The van der Waals surface area contributed by atoms with Gasteiger partial charge >= 0.3 is 0 Å². The number of hydrogen-bond donors (Lipinski definition) is 2. The SMILES string of the molecule is Cc1cccc(N2C(=O)SC(=Cc3ccc(O)cc3O)C2=S)c1C. The number of thioether (sulfide) groups is 1. The smallest absolute Gasteiger partial charge is 0.296 e. The standard InChI is InChI=1S/C18H15NO3S2/c1-10-4-3-5-14(11(10)2)19-17(23)16(24-18(19)22)8-12-6-7-13(20)9-15(12)21/h3-9,20-21H,1-2H3. The van der Waals surface area contributed by atoms with Gasteiger partial charge in [-0.05, 0) is 61.0 Å². The quantitative estimate of drug-likeness (QED) is 0.599. The van der Waals surface area contributed by atoms with Crippen LogP contribution in [0, 0.1) is 13.8 Å². The molecular weight excluding hydrogens is 342 g/mol. The fourth-order valence-electron chi connectivity index (χ4n) is 2.45. The van der Waals surface area contributed by atoms with Gasteiger partial charge in [0.25, 0.3) is 5.24 Å². The van der Waals surface area contributed by atoms with Crippen molar-refractivity contribution < 1.29 is 15.0 Å². The zero-order valence-corrected chi connectivity index (χ0v) is 14.7. The zero-order chi connectivity index (χ0) is 17.4. The van der Waals surface area contributed by atoms with Gasteiger partial charge in [0, 0.05) is 11.6 Å². The second kappa shape index (κ2) is 6.30. The van der Waals surface area contributed by atoms with Gasteiger partial charge in [-0.1, -0.05) is 24.4 Å². The highest BCUT2D eigenvalue weighted by molar-refractivity contribution is 8.20. The summed E-state index contributed by atoms with van der Waals surface area (Å²) in [6.45, 7) is 3.94. The first kappa shape index (κ1) is 16.5. The maximum Gasteiger partial charge on any atom is 0.296 e. The lowest BCUT2D eigenvalue weighted by Crippen LogP contribution is -2.27. The highest BCUT2D eigenvalue weighted by atomic mass is 32.2. The Morgan fingerprint density at radius 3 is 2.62 bits per heavy atom. The highest BCUT2D eigenvalue weighted by Crippen LogP contribution is 2.39. The summed E-state index contributed by atoms with van der Waals surface area (Å²) in [5.74, 6) is -0.0899. The topological polar surface area (TPSA) is 60.8 Å². The number of benzene rings is 2. The summed E-state index contributed by atoms with van der Waals surface area (Å²) in [4.78, 5) is 15.0. The molecule has 0 atom stereocenters. The Morgan fingerprint density at radius 2 is 1.92 bits per heavy atom. The van der Waals surface area contributed by atoms with Crippen LogP contribution in [0.15, 0.2) is 41.3 Å². The van der Waals surface area contributed by atoms with E-state index in [1.165, 1.54) is 17.0 Å². The van der Waals surface area contributed by atoms with Crippen LogP contribution in [0.2, 0.25) is 0 Å². The number of aromatic hydroxyl groups is 2. The van der Waals surface area contributed by atoms with Gasteiger partial charge in [-0.2, -0.15) is 0 Å². The van der Waals surface area contributed by atoms with Gasteiger partial charge in [0.15, 0.2) is 0 Å². The van der Waals surface area contributed by atoms with Gasteiger partial charge in [0.05, 0.1) is 10.6 Å². The summed E-state index contributed by atoms with van der Waals surface area (Å²) < 4.78 is 0. The molecule has 1 aliphatic rings. The number of aryl methyl sites for hydroxylation is 1. The lowest BCUT2D eigenvalue weighted by atomic mass is 10.1. The predicted octanol–water partition coefficient (Wildman–Crippen LogP) is 4.76. The molecule has 1 amide bonds. The molecule has 6 heteroatoms. The Bertz CT molecular complexity index is 890. The second-order valence-corrected chi connectivity index (χ2v) is 6.86. The van der Waals surface area contributed by atoms with Crippen molar-refractivity contribution in [1.82, 2.24) is 0 Å². The molecule has 24 heavy (non-hydrogen) atoms. The molecule has 0 saturated carbocycles. The van der Waals surface area contributed by atoms with Crippen LogP contribution in [0.3, 0.4) is 0 Å². The molecule has 0 bridgehead atoms. The van der Waals surface area contributed by atoms with E-state index in [0.717, 1.165) is 28.6 Å². The lowest BCUT2D eigenvalue weighted by Gasteiger charge is -2.18. The number of carbonyl (C=O) groups excluding carboxylic acids is 1. The van der Waals surface area contributed by atoms with Crippen molar-refractivity contribution in [2.75, 3.05) is 4.90 Å². The summed E-state index contributed by atoms with van der Waals surface area (Å²) in [6, 6.07) is 10.0. The normalized spacial score (nSPS) is 16.2. The minimum absolute atomic E-state index is 0.0237. The first-order valence-corrected chi connectivity index (χ1v) is 8.47. The van der Waals surface area contributed by atoms with Gasteiger partial charge in [-0.25, -0.2) is 0 Å². The molecule has 122 valence electrons. The number of carbonyl (C=O) groups is 1. The van der Waals surface area contributed by atoms with E-state index in [-0.39, 0.29) is 16.7 Å². The summed E-state index contributed by atoms with van der Waals surface area (Å²) >= 11 is 6.51. The van der Waals surface area contributed by atoms with Gasteiger partial charge in [0.1, 0.15) is 16.5 Å². The highest BCUT2D eigenvalue weighted by Gasteiger charge is 2.34. The van der Waals surface area contributed by atoms with Crippen molar-refractivity contribution >= 4 is 46.0 Å². The number of hydrogen-bond acceptors (Lipinski definition) is 5. The molecule has 1 saturated heterocycles. The lowest BCUT2D eigenvalue weighted by molar-refractivity contribution is 0.268. The van der Waals surface area contributed by atoms with Crippen LogP contribution in [0.5, 0.6) is 11.5 Å². The van der Waals surface area contributed by atoms with Crippen LogP contribution < -0.4 is 4.90 Å². The molecule has 0 unspecified atom stereocenters. The summed E-state index contributed by atoms with van der Waals surface area (Å²) in [6.07, 6.45) is 1.66. The van der Waals surface area contributed by atoms with Crippen LogP contribution in [-0.2, 0) is 0 Å². The van der Waals surface area contributed by atoms with Gasteiger partial charge in [-0.15, -0.1) is 0 Å². The third-order valence-corrected chi connectivity index (χ3v) is 5.33. The maximum atomic E-state index is 12.4. The van der Waals surface area contributed by atoms with Crippen molar-refractivity contribution in [2.45, 2.75) is 13.8 Å². The van der Waals surface area contributed by atoms with E-state index in [2.05, 4.69) is 0 Å². The van der Waals surface area contributed by atoms with E-state index >= 15 is 0 Å². The van der Waals surface area contributed by atoms with Crippen LogP contribution in [-0.4, -0.2) is 20.4 Å². The first-order valence-electron chi connectivity index (χ1n) is 7.24. The Balaban J connectivity index is 2.00. The van der Waals surface area contributed by atoms with Crippen LogP contribution in [0.4, 0.5) is 10.5 Å². The minimum Gasteiger partial charge on any atom is -0.508 e. The van der Waals surface area contributed by atoms with Crippen LogP contribution >= 0.6 is 24.0 Å². The minimum atomic E-state index is -0.168. The summed E-state index contributed by atoms with van der Waals surface area (Å²) in [5.41, 5.74) is 3.35. The fourth-order valence-corrected chi connectivity index (χ4v) is 3.71. The van der Waals surface area contributed by atoms with Crippen molar-refractivity contribution in [1.29, 1.82) is 0 Å². The van der Waals surface area contributed by atoms with Gasteiger partial charge in [-0.3, -0.25) is 9.69 Å². The van der Waals surface area contributed by atoms with Crippen LogP contribution in [0.25, 0.3) is 6.08 Å². The molecule has 1 fully saturated rings. The fraction of sp³-hybridized carbons (Fsp3) is 0.111. The molecule has 2 N–H and O–H groups in total. The summed E-state index contributed by atoms with van der Waals surface area (Å²) in [7, 11) is 0. The Hall–Kier alpha value is -2.31. The molecule has 2 aromatic rings. The van der Waals surface area contributed by atoms with E-state index in [1.54, 1.807) is 12.1 Å². The second-order valence-electron chi connectivity index (χ2n) is 5.48. The average molecular weight is 357 g/mol. The van der Waals surface area contributed by atoms with Gasteiger partial charge in [0.2, 0.25) is 0 Å². The maximum absolute atomic E-state index is 12.4. The Kier molecular flexibility index (Phi) is 4.34. The number of phenolic OH excluding ortho intramolecular Hbond substituents is 2. The molecule has 0 radical (unpaired) electrons. The third-order valence-electron chi connectivity index (χ3n) is 3.91. The van der Waals surface area contributed by atoms with Crippen molar-refractivity contribution in [3.8, 4) is 11.5 Å². The monoisotopic (exact) mass is 357 g/mol.